The number of aromatic amines is 1. The predicted molar refractivity (Wildman–Crippen MR) is 60.2 cm³/mol. The number of sulfonamides is 1. The summed E-state index contributed by atoms with van der Waals surface area (Å²) < 4.78 is 39.2. The Morgan fingerprint density at radius 1 is 1.35 bits per heavy atom. The maximum absolute atomic E-state index is 13.4. The molecule has 6 nitrogen and oxygen atoms in total. The molecule has 0 aliphatic carbocycles. The molecule has 0 radical (unpaired) electrons. The minimum absolute atomic E-state index is 0.145. The van der Waals surface area contributed by atoms with Gasteiger partial charge in [0.05, 0.1) is 6.20 Å². The molecular weight excluding hydrogens is 247 g/mol. The van der Waals surface area contributed by atoms with Crippen molar-refractivity contribution in [3.63, 3.8) is 0 Å². The van der Waals surface area contributed by atoms with Crippen LogP contribution in [0.1, 0.15) is 0 Å². The third kappa shape index (κ3) is 2.36. The number of H-pyrrole nitrogens is 1. The number of hydrogen-bond acceptors (Lipinski definition) is 4. The number of anilines is 2. The Balaban J connectivity index is 2.41. The number of halogens is 1. The standard InChI is InChI=1S/C9H9FN4O2S/c10-7-2-1-6(11)5-8(7)17(15,16)14-9-3-4-12-13-9/h1-5H,11H2,(H2,12,13,14). The number of nitrogens with two attached hydrogens (primary N) is 1. The molecule has 2 aromatic rings. The van der Waals surface area contributed by atoms with Crippen molar-refractivity contribution in [3.05, 3.63) is 36.3 Å². The van der Waals surface area contributed by atoms with E-state index in [1.807, 2.05) is 0 Å². The number of nitrogens with one attached hydrogen (secondary N) is 2. The summed E-state index contributed by atoms with van der Waals surface area (Å²) >= 11 is 0. The average Bonchev–Trinajstić information content (AvgIpc) is 2.73. The number of aromatic nitrogens is 2. The molecule has 0 fully saturated rings. The van der Waals surface area contributed by atoms with E-state index in [1.54, 1.807) is 0 Å². The van der Waals surface area contributed by atoms with E-state index >= 15 is 0 Å². The first-order chi connectivity index (χ1) is 7.99. The number of benzene rings is 1. The highest BCUT2D eigenvalue weighted by atomic mass is 32.2. The van der Waals surface area contributed by atoms with Gasteiger partial charge >= 0.3 is 0 Å². The summed E-state index contributed by atoms with van der Waals surface area (Å²) in [4.78, 5) is -0.507. The molecule has 0 spiro atoms. The van der Waals surface area contributed by atoms with Crippen molar-refractivity contribution in [2.75, 3.05) is 10.5 Å². The SMILES string of the molecule is Nc1ccc(F)c(S(=O)(=O)Nc2ccn[nH]2)c1. The second-order valence-electron chi connectivity index (χ2n) is 3.27. The van der Waals surface area contributed by atoms with E-state index in [4.69, 9.17) is 5.73 Å². The van der Waals surface area contributed by atoms with E-state index < -0.39 is 20.7 Å². The molecule has 0 atom stereocenters. The minimum Gasteiger partial charge on any atom is -0.399 e. The summed E-state index contributed by atoms with van der Waals surface area (Å²) in [7, 11) is -4.01. The van der Waals surface area contributed by atoms with Gasteiger partial charge in [-0.05, 0) is 18.2 Å². The summed E-state index contributed by atoms with van der Waals surface area (Å²) in [5.41, 5.74) is 5.58. The Morgan fingerprint density at radius 3 is 2.76 bits per heavy atom. The van der Waals surface area contributed by atoms with Gasteiger partial charge in [-0.25, -0.2) is 12.8 Å². The Morgan fingerprint density at radius 2 is 2.12 bits per heavy atom. The molecule has 0 saturated heterocycles. The smallest absolute Gasteiger partial charge is 0.266 e. The van der Waals surface area contributed by atoms with E-state index in [0.717, 1.165) is 12.1 Å². The van der Waals surface area contributed by atoms with Crippen LogP contribution in [-0.4, -0.2) is 18.6 Å². The molecule has 90 valence electrons. The summed E-state index contributed by atoms with van der Waals surface area (Å²) in [6.45, 7) is 0. The quantitative estimate of drug-likeness (QED) is 0.711. The molecule has 1 aromatic carbocycles. The second kappa shape index (κ2) is 4.06. The lowest BCUT2D eigenvalue weighted by atomic mass is 10.3. The molecule has 8 heteroatoms. The molecule has 0 amide bonds. The molecule has 0 aliphatic heterocycles. The number of rotatable bonds is 3. The molecule has 0 unspecified atom stereocenters. The summed E-state index contributed by atoms with van der Waals surface area (Å²) in [5.74, 6) is -0.724. The van der Waals surface area contributed by atoms with Crippen LogP contribution in [0.25, 0.3) is 0 Å². The first-order valence-corrected chi connectivity index (χ1v) is 6.04. The van der Waals surface area contributed by atoms with Crippen LogP contribution in [0.2, 0.25) is 0 Å². The van der Waals surface area contributed by atoms with E-state index in [9.17, 15) is 12.8 Å². The van der Waals surface area contributed by atoms with Crippen LogP contribution < -0.4 is 10.5 Å². The van der Waals surface area contributed by atoms with Crippen LogP contribution in [0.3, 0.4) is 0 Å². The van der Waals surface area contributed by atoms with Crippen molar-refractivity contribution in [2.24, 2.45) is 0 Å². The van der Waals surface area contributed by atoms with Gasteiger partial charge < -0.3 is 5.73 Å². The van der Waals surface area contributed by atoms with Gasteiger partial charge in [0.15, 0.2) is 0 Å². The molecule has 1 heterocycles. The van der Waals surface area contributed by atoms with Crippen LogP contribution in [-0.2, 0) is 10.0 Å². The highest BCUT2D eigenvalue weighted by Crippen LogP contribution is 2.19. The summed E-state index contributed by atoms with van der Waals surface area (Å²) in [6, 6.07) is 4.73. The number of nitrogens with zero attached hydrogens (tertiary/aromatic N) is 1. The lowest BCUT2D eigenvalue weighted by Crippen LogP contribution is -2.15. The normalized spacial score (nSPS) is 11.4. The van der Waals surface area contributed by atoms with Crippen LogP contribution in [0.15, 0.2) is 35.4 Å². The monoisotopic (exact) mass is 256 g/mol. The number of nitrogen functional groups attached to an aromatic ring is 1. The van der Waals surface area contributed by atoms with E-state index in [2.05, 4.69) is 14.9 Å². The third-order valence-corrected chi connectivity index (χ3v) is 3.37. The lowest BCUT2D eigenvalue weighted by molar-refractivity contribution is 0.570. The molecule has 0 bridgehead atoms. The maximum Gasteiger partial charge on any atom is 0.266 e. The highest BCUT2D eigenvalue weighted by Gasteiger charge is 2.19. The van der Waals surface area contributed by atoms with Crippen molar-refractivity contribution in [1.82, 2.24) is 10.2 Å². The first-order valence-electron chi connectivity index (χ1n) is 4.56. The van der Waals surface area contributed by atoms with Gasteiger partial charge in [-0.2, -0.15) is 5.10 Å². The zero-order valence-corrected chi connectivity index (χ0v) is 9.33. The van der Waals surface area contributed by atoms with E-state index in [1.165, 1.54) is 18.3 Å². The zero-order valence-electron chi connectivity index (χ0n) is 8.51. The van der Waals surface area contributed by atoms with Gasteiger partial charge in [0.2, 0.25) is 0 Å². The van der Waals surface area contributed by atoms with Gasteiger partial charge in [-0.3, -0.25) is 9.82 Å². The topological polar surface area (TPSA) is 101 Å². The molecule has 1 aromatic heterocycles. The van der Waals surface area contributed by atoms with E-state index in [0.29, 0.717) is 0 Å². The minimum atomic E-state index is -4.01. The van der Waals surface area contributed by atoms with Crippen LogP contribution in [0.5, 0.6) is 0 Å². The zero-order chi connectivity index (χ0) is 12.5. The van der Waals surface area contributed by atoms with Gasteiger partial charge in [0.25, 0.3) is 10.0 Å². The maximum atomic E-state index is 13.4. The average molecular weight is 256 g/mol. The van der Waals surface area contributed by atoms with Crippen molar-refractivity contribution < 1.29 is 12.8 Å². The van der Waals surface area contributed by atoms with Gasteiger partial charge in [0, 0.05) is 11.8 Å². The Labute approximate surface area is 96.7 Å². The van der Waals surface area contributed by atoms with Gasteiger partial charge in [-0.15, -0.1) is 0 Å². The molecule has 0 aliphatic rings. The Kier molecular flexibility index (Phi) is 2.72. The summed E-state index contributed by atoms with van der Waals surface area (Å²) in [5, 5.41) is 5.97. The van der Waals surface area contributed by atoms with Crippen molar-refractivity contribution in [3.8, 4) is 0 Å². The molecular formula is C9H9FN4O2S. The molecule has 0 saturated carbocycles. The fourth-order valence-corrected chi connectivity index (χ4v) is 2.37. The first kappa shape index (κ1) is 11.4. The van der Waals surface area contributed by atoms with Crippen LogP contribution in [0.4, 0.5) is 15.9 Å². The van der Waals surface area contributed by atoms with Gasteiger partial charge in [0.1, 0.15) is 16.5 Å². The fraction of sp³-hybridized carbons (Fsp3) is 0. The Bertz CT molecular complexity index is 624. The van der Waals surface area contributed by atoms with Crippen LogP contribution in [0, 0.1) is 5.82 Å². The second-order valence-corrected chi connectivity index (χ2v) is 4.92. The van der Waals surface area contributed by atoms with E-state index in [-0.39, 0.29) is 11.5 Å². The highest BCUT2D eigenvalue weighted by molar-refractivity contribution is 7.92. The number of hydrogen-bond donors (Lipinski definition) is 3. The molecule has 17 heavy (non-hydrogen) atoms. The molecule has 2 rings (SSSR count). The van der Waals surface area contributed by atoms with Crippen LogP contribution >= 0.6 is 0 Å². The van der Waals surface area contributed by atoms with Crippen molar-refractivity contribution >= 4 is 21.5 Å². The predicted octanol–water partition coefficient (Wildman–Crippen LogP) is 0.932. The largest absolute Gasteiger partial charge is 0.399 e. The Hall–Kier alpha value is -2.09. The summed E-state index contributed by atoms with van der Waals surface area (Å²) in [6.07, 6.45) is 1.37. The molecule has 4 N–H and O–H groups in total. The lowest BCUT2D eigenvalue weighted by Gasteiger charge is -2.07. The van der Waals surface area contributed by atoms with Gasteiger partial charge in [-0.1, -0.05) is 0 Å². The van der Waals surface area contributed by atoms with Crippen molar-refractivity contribution in [2.45, 2.75) is 4.90 Å². The third-order valence-electron chi connectivity index (χ3n) is 1.99. The van der Waals surface area contributed by atoms with Crippen molar-refractivity contribution in [1.29, 1.82) is 0 Å². The fourth-order valence-electron chi connectivity index (χ4n) is 1.24.